The molecule has 1 atom stereocenters. The molecule has 2 rings (SSSR count). The molecule has 1 aromatic heterocycles. The van der Waals surface area contributed by atoms with Gasteiger partial charge in [0, 0.05) is 17.9 Å². The Morgan fingerprint density at radius 2 is 2.04 bits per heavy atom. The zero-order valence-corrected chi connectivity index (χ0v) is 14.4. The molecular weight excluding hydrogens is 321 g/mol. The highest BCUT2D eigenvalue weighted by Crippen LogP contribution is 2.22. The van der Waals surface area contributed by atoms with Crippen LogP contribution in [0.1, 0.15) is 45.9 Å². The molecule has 8 heteroatoms. The highest BCUT2D eigenvalue weighted by Gasteiger charge is 2.33. The standard InChI is InChI=1S/C16H25F3N4O/c1-15(2,3)21-14(24)12-6-4-5-8-22(12)10-13-20-7-9-23(13)11-16(17,18)19/h7,9,12H,4-6,8,10-11H2,1-3H3,(H,21,24)/t12-/m1/s1. The molecular formula is C16H25F3N4O. The van der Waals surface area contributed by atoms with Crippen molar-refractivity contribution in [2.24, 2.45) is 0 Å². The number of alkyl halides is 3. The number of carbonyl (C=O) groups excluding carboxylic acids is 1. The molecule has 0 unspecified atom stereocenters. The van der Waals surface area contributed by atoms with Crippen molar-refractivity contribution in [3.63, 3.8) is 0 Å². The minimum Gasteiger partial charge on any atom is -0.350 e. The first-order valence-electron chi connectivity index (χ1n) is 8.18. The normalized spacial score (nSPS) is 20.2. The second kappa shape index (κ2) is 7.13. The van der Waals surface area contributed by atoms with Crippen molar-refractivity contribution >= 4 is 5.91 Å². The second-order valence-corrected chi connectivity index (χ2v) is 7.31. The van der Waals surface area contributed by atoms with Crippen LogP contribution in [0.2, 0.25) is 0 Å². The van der Waals surface area contributed by atoms with Gasteiger partial charge in [0.25, 0.3) is 0 Å². The Morgan fingerprint density at radius 3 is 2.67 bits per heavy atom. The minimum absolute atomic E-state index is 0.0730. The van der Waals surface area contributed by atoms with E-state index in [1.165, 1.54) is 12.4 Å². The van der Waals surface area contributed by atoms with Gasteiger partial charge in [0.1, 0.15) is 12.4 Å². The van der Waals surface area contributed by atoms with Gasteiger partial charge in [-0.1, -0.05) is 6.42 Å². The third-order valence-corrected chi connectivity index (χ3v) is 3.91. The highest BCUT2D eigenvalue weighted by atomic mass is 19.4. The Hall–Kier alpha value is -1.57. The number of hydrogen-bond donors (Lipinski definition) is 1. The van der Waals surface area contributed by atoms with E-state index >= 15 is 0 Å². The molecule has 1 saturated heterocycles. The first-order chi connectivity index (χ1) is 11.1. The topological polar surface area (TPSA) is 50.2 Å². The van der Waals surface area contributed by atoms with Gasteiger partial charge >= 0.3 is 6.18 Å². The summed E-state index contributed by atoms with van der Waals surface area (Å²) < 4.78 is 39.0. The molecule has 24 heavy (non-hydrogen) atoms. The van der Waals surface area contributed by atoms with Crippen molar-refractivity contribution in [2.75, 3.05) is 6.54 Å². The van der Waals surface area contributed by atoms with Gasteiger partial charge in [-0.05, 0) is 40.2 Å². The van der Waals surface area contributed by atoms with E-state index in [0.29, 0.717) is 18.8 Å². The van der Waals surface area contributed by atoms with E-state index in [9.17, 15) is 18.0 Å². The number of piperidine rings is 1. The molecule has 1 fully saturated rings. The third-order valence-electron chi connectivity index (χ3n) is 3.91. The fourth-order valence-corrected chi connectivity index (χ4v) is 2.94. The number of carbonyl (C=O) groups is 1. The van der Waals surface area contributed by atoms with Crippen molar-refractivity contribution in [3.05, 3.63) is 18.2 Å². The number of nitrogens with one attached hydrogen (secondary N) is 1. The van der Waals surface area contributed by atoms with Gasteiger partial charge in [-0.3, -0.25) is 9.69 Å². The summed E-state index contributed by atoms with van der Waals surface area (Å²) in [4.78, 5) is 18.5. The number of aromatic nitrogens is 2. The maximum atomic E-state index is 12.6. The van der Waals surface area contributed by atoms with Gasteiger partial charge in [-0.2, -0.15) is 13.2 Å². The van der Waals surface area contributed by atoms with Crippen LogP contribution in [0.5, 0.6) is 0 Å². The van der Waals surface area contributed by atoms with E-state index in [1.54, 1.807) is 0 Å². The third kappa shape index (κ3) is 5.51. The summed E-state index contributed by atoms with van der Waals surface area (Å²) in [6.07, 6.45) is 0.990. The SMILES string of the molecule is CC(C)(C)NC(=O)[C@H]1CCCCN1Cc1nccn1CC(F)(F)F. The van der Waals surface area contributed by atoms with Crippen molar-refractivity contribution in [3.8, 4) is 0 Å². The van der Waals surface area contributed by atoms with Crippen molar-refractivity contribution in [1.29, 1.82) is 0 Å². The average molecular weight is 346 g/mol. The lowest BCUT2D eigenvalue weighted by atomic mass is 9.99. The zero-order chi connectivity index (χ0) is 18.0. The predicted octanol–water partition coefficient (Wildman–Crippen LogP) is 2.71. The van der Waals surface area contributed by atoms with Crippen molar-refractivity contribution in [1.82, 2.24) is 19.8 Å². The highest BCUT2D eigenvalue weighted by molar-refractivity contribution is 5.82. The number of halogens is 3. The van der Waals surface area contributed by atoms with Crippen LogP contribution in [-0.2, 0) is 17.9 Å². The van der Waals surface area contributed by atoms with E-state index in [-0.39, 0.29) is 24.0 Å². The first kappa shape index (κ1) is 18.8. The van der Waals surface area contributed by atoms with Crippen LogP contribution >= 0.6 is 0 Å². The fourth-order valence-electron chi connectivity index (χ4n) is 2.94. The van der Waals surface area contributed by atoms with Crippen LogP contribution in [0.15, 0.2) is 12.4 Å². The quantitative estimate of drug-likeness (QED) is 0.912. The number of imidazole rings is 1. The molecule has 5 nitrogen and oxygen atoms in total. The summed E-state index contributed by atoms with van der Waals surface area (Å²) >= 11 is 0. The molecule has 0 bridgehead atoms. The first-order valence-corrected chi connectivity index (χ1v) is 8.18. The van der Waals surface area contributed by atoms with Gasteiger partial charge in [-0.15, -0.1) is 0 Å². The van der Waals surface area contributed by atoms with Gasteiger partial charge in [0.15, 0.2) is 0 Å². The lowest BCUT2D eigenvalue weighted by Gasteiger charge is -2.36. The van der Waals surface area contributed by atoms with E-state index in [4.69, 9.17) is 0 Å². The van der Waals surface area contributed by atoms with Crippen LogP contribution in [0, 0.1) is 0 Å². The number of rotatable bonds is 4. The molecule has 1 aliphatic heterocycles. The molecule has 1 aliphatic rings. The largest absolute Gasteiger partial charge is 0.406 e. The summed E-state index contributed by atoms with van der Waals surface area (Å²) in [7, 11) is 0. The molecule has 136 valence electrons. The minimum atomic E-state index is -4.29. The van der Waals surface area contributed by atoms with Crippen LogP contribution < -0.4 is 5.32 Å². The van der Waals surface area contributed by atoms with Crippen LogP contribution in [0.3, 0.4) is 0 Å². The Labute approximate surface area is 140 Å². The smallest absolute Gasteiger partial charge is 0.350 e. The molecule has 1 aromatic rings. The van der Waals surface area contributed by atoms with E-state index in [2.05, 4.69) is 10.3 Å². The number of likely N-dealkylation sites (tertiary alicyclic amines) is 1. The Balaban J connectivity index is 2.09. The number of amides is 1. The molecule has 0 radical (unpaired) electrons. The summed E-state index contributed by atoms with van der Waals surface area (Å²) in [6.45, 7) is 5.60. The van der Waals surface area contributed by atoms with Crippen LogP contribution in [0.4, 0.5) is 13.2 Å². The lowest BCUT2D eigenvalue weighted by Crippen LogP contribution is -2.53. The Morgan fingerprint density at radius 1 is 1.33 bits per heavy atom. The van der Waals surface area contributed by atoms with E-state index in [0.717, 1.165) is 17.4 Å². The Bertz CT molecular complexity index is 562. The molecule has 1 amide bonds. The summed E-state index contributed by atoms with van der Waals surface area (Å²) in [5.41, 5.74) is -0.338. The second-order valence-electron chi connectivity index (χ2n) is 7.31. The van der Waals surface area contributed by atoms with Crippen LogP contribution in [-0.4, -0.2) is 44.7 Å². The van der Waals surface area contributed by atoms with Crippen LogP contribution in [0.25, 0.3) is 0 Å². The number of nitrogens with zero attached hydrogens (tertiary/aromatic N) is 3. The van der Waals surface area contributed by atoms with Gasteiger partial charge in [0.2, 0.25) is 5.91 Å². The lowest BCUT2D eigenvalue weighted by molar-refractivity contribution is -0.141. The maximum absolute atomic E-state index is 12.6. The van der Waals surface area contributed by atoms with E-state index < -0.39 is 12.7 Å². The predicted molar refractivity (Wildman–Crippen MR) is 84.2 cm³/mol. The van der Waals surface area contributed by atoms with E-state index in [1.807, 2.05) is 25.7 Å². The molecule has 1 N–H and O–H groups in total. The maximum Gasteiger partial charge on any atom is 0.406 e. The molecule has 0 aliphatic carbocycles. The van der Waals surface area contributed by atoms with Gasteiger partial charge in [-0.25, -0.2) is 4.98 Å². The molecule has 0 saturated carbocycles. The molecule has 0 spiro atoms. The molecule has 0 aromatic carbocycles. The fraction of sp³-hybridized carbons (Fsp3) is 0.750. The average Bonchev–Trinajstić information content (AvgIpc) is 2.82. The van der Waals surface area contributed by atoms with Crippen molar-refractivity contribution in [2.45, 2.75) is 70.9 Å². The Kier molecular flexibility index (Phi) is 5.57. The number of hydrogen-bond acceptors (Lipinski definition) is 3. The van der Waals surface area contributed by atoms with Gasteiger partial charge in [0.05, 0.1) is 12.6 Å². The summed E-state index contributed by atoms with van der Waals surface area (Å²) in [6, 6.07) is -0.325. The molecule has 2 heterocycles. The summed E-state index contributed by atoms with van der Waals surface area (Å²) in [5, 5.41) is 2.96. The zero-order valence-electron chi connectivity index (χ0n) is 14.4. The monoisotopic (exact) mass is 346 g/mol. The van der Waals surface area contributed by atoms with Gasteiger partial charge < -0.3 is 9.88 Å². The van der Waals surface area contributed by atoms with Crippen molar-refractivity contribution < 1.29 is 18.0 Å². The summed E-state index contributed by atoms with van der Waals surface area (Å²) in [5.74, 6) is 0.263.